The molecule has 0 saturated heterocycles. The normalized spacial score (nSPS) is 15.5. The molecule has 0 aliphatic carbocycles. The van der Waals surface area contributed by atoms with Crippen molar-refractivity contribution >= 4 is 33.5 Å². The fourth-order valence-corrected chi connectivity index (χ4v) is 4.43. The van der Waals surface area contributed by atoms with E-state index < -0.39 is 10.0 Å². The topological polar surface area (TPSA) is 101 Å². The number of carbonyl (C=O) groups is 1. The number of benzene rings is 2. The van der Waals surface area contributed by atoms with Crippen LogP contribution in [0, 0.1) is 0 Å². The standard InChI is InChI=1S/C24H30N4O5S/c1-8-16-14-20(32-5)23(33-6)21-19(16)13-15(2)28(24(29)25-3)26-22(21)17-9-11-18(12-10-17)27(4)34(7,30)31/h8-12,14-15H,1,13H2,2-7H3,(H,25,29). The number of carbonyl (C=O) groups excluding carboxylic acids is 1. The van der Waals surface area contributed by atoms with Crippen LogP contribution in [0.4, 0.5) is 10.5 Å². The highest BCUT2D eigenvalue weighted by Gasteiger charge is 2.32. The Balaban J connectivity index is 2.33. The molecule has 1 heterocycles. The van der Waals surface area contributed by atoms with E-state index in [1.54, 1.807) is 51.6 Å². The second-order valence-corrected chi connectivity index (χ2v) is 9.95. The minimum Gasteiger partial charge on any atom is -0.493 e. The molecule has 1 atom stereocenters. The molecule has 0 saturated carbocycles. The van der Waals surface area contributed by atoms with E-state index >= 15 is 0 Å². The Morgan fingerprint density at radius 3 is 2.41 bits per heavy atom. The molecule has 0 radical (unpaired) electrons. The van der Waals surface area contributed by atoms with Gasteiger partial charge in [-0.2, -0.15) is 5.10 Å². The number of hydrazone groups is 1. The average molecular weight is 487 g/mol. The molecule has 0 bridgehead atoms. The molecular weight excluding hydrogens is 456 g/mol. The van der Waals surface area contributed by atoms with Crippen LogP contribution in [-0.2, 0) is 16.4 Å². The van der Waals surface area contributed by atoms with Gasteiger partial charge in [0.05, 0.1) is 37.8 Å². The predicted molar refractivity (Wildman–Crippen MR) is 134 cm³/mol. The first kappa shape index (κ1) is 25.1. The summed E-state index contributed by atoms with van der Waals surface area (Å²) in [6.07, 6.45) is 3.39. The minimum absolute atomic E-state index is 0.261. The van der Waals surface area contributed by atoms with E-state index in [0.717, 1.165) is 17.4 Å². The number of ether oxygens (including phenoxy) is 2. The number of nitrogens with zero attached hydrogens (tertiary/aromatic N) is 3. The highest BCUT2D eigenvalue weighted by atomic mass is 32.2. The molecule has 0 spiro atoms. The van der Waals surface area contributed by atoms with E-state index in [1.807, 2.05) is 13.0 Å². The van der Waals surface area contributed by atoms with Crippen molar-refractivity contribution in [2.24, 2.45) is 5.10 Å². The van der Waals surface area contributed by atoms with Gasteiger partial charge in [-0.05, 0) is 42.7 Å². The van der Waals surface area contributed by atoms with Gasteiger partial charge in [-0.1, -0.05) is 24.8 Å². The summed E-state index contributed by atoms with van der Waals surface area (Å²) >= 11 is 0. The Morgan fingerprint density at radius 2 is 1.91 bits per heavy atom. The summed E-state index contributed by atoms with van der Waals surface area (Å²) in [6.45, 7) is 5.87. The molecule has 1 unspecified atom stereocenters. The molecule has 182 valence electrons. The summed E-state index contributed by atoms with van der Waals surface area (Å²) in [5, 5.41) is 8.81. The number of amides is 2. The van der Waals surface area contributed by atoms with E-state index in [-0.39, 0.29) is 12.1 Å². The Morgan fingerprint density at radius 1 is 1.26 bits per heavy atom. The molecular formula is C24H30N4O5S. The molecule has 0 fully saturated rings. The average Bonchev–Trinajstić information content (AvgIpc) is 2.98. The van der Waals surface area contributed by atoms with E-state index in [0.29, 0.717) is 40.4 Å². The van der Waals surface area contributed by atoms with Crippen LogP contribution in [0.2, 0.25) is 0 Å². The van der Waals surface area contributed by atoms with E-state index in [1.165, 1.54) is 16.4 Å². The SMILES string of the molecule is C=Cc1cc(OC)c(OC)c2c1CC(C)N(C(=O)NC)N=C2c1ccc(N(C)S(C)(=O)=O)cc1. The quantitative estimate of drug-likeness (QED) is 0.676. The lowest BCUT2D eigenvalue weighted by Crippen LogP contribution is -2.41. The van der Waals surface area contributed by atoms with Gasteiger partial charge in [-0.25, -0.2) is 18.2 Å². The highest BCUT2D eigenvalue weighted by Crippen LogP contribution is 2.40. The molecule has 10 heteroatoms. The summed E-state index contributed by atoms with van der Waals surface area (Å²) in [6, 6.07) is 8.17. The maximum Gasteiger partial charge on any atom is 0.337 e. The van der Waals surface area contributed by atoms with Gasteiger partial charge >= 0.3 is 6.03 Å². The summed E-state index contributed by atoms with van der Waals surface area (Å²) in [5.41, 5.74) is 4.13. The fourth-order valence-electron chi connectivity index (χ4n) is 3.93. The van der Waals surface area contributed by atoms with Gasteiger partial charge in [0.1, 0.15) is 5.71 Å². The third kappa shape index (κ3) is 4.58. The first-order valence-electron chi connectivity index (χ1n) is 10.6. The van der Waals surface area contributed by atoms with Crippen LogP contribution in [0.1, 0.15) is 29.2 Å². The first-order valence-corrected chi connectivity index (χ1v) is 12.5. The van der Waals surface area contributed by atoms with Crippen molar-refractivity contribution in [3.8, 4) is 11.5 Å². The van der Waals surface area contributed by atoms with Crippen molar-refractivity contribution in [3.05, 3.63) is 59.2 Å². The minimum atomic E-state index is -3.41. The van der Waals surface area contributed by atoms with Crippen LogP contribution in [0.25, 0.3) is 6.08 Å². The zero-order valence-electron chi connectivity index (χ0n) is 20.2. The van der Waals surface area contributed by atoms with Crippen LogP contribution in [0.5, 0.6) is 11.5 Å². The van der Waals surface area contributed by atoms with Gasteiger partial charge in [0.25, 0.3) is 0 Å². The van der Waals surface area contributed by atoms with Crippen LogP contribution < -0.4 is 19.1 Å². The molecule has 0 aromatic heterocycles. The molecule has 34 heavy (non-hydrogen) atoms. The summed E-state index contributed by atoms with van der Waals surface area (Å²) in [7, 11) is 2.74. The second-order valence-electron chi connectivity index (χ2n) is 7.94. The van der Waals surface area contributed by atoms with Gasteiger partial charge in [0.2, 0.25) is 10.0 Å². The van der Waals surface area contributed by atoms with Crippen molar-refractivity contribution in [3.63, 3.8) is 0 Å². The van der Waals surface area contributed by atoms with Crippen LogP contribution in [0.3, 0.4) is 0 Å². The van der Waals surface area contributed by atoms with Crippen LogP contribution in [-0.4, -0.2) is 65.8 Å². The third-order valence-electron chi connectivity index (χ3n) is 5.82. The first-order chi connectivity index (χ1) is 16.1. The number of sulfonamides is 1. The van der Waals surface area contributed by atoms with Gasteiger partial charge in [0.15, 0.2) is 11.5 Å². The summed E-state index contributed by atoms with van der Waals surface area (Å²) < 4.78 is 36.4. The Hall–Kier alpha value is -3.53. The van der Waals surface area contributed by atoms with Crippen molar-refractivity contribution < 1.29 is 22.7 Å². The fraction of sp³-hybridized carbons (Fsp3) is 0.333. The maximum absolute atomic E-state index is 12.7. The van der Waals surface area contributed by atoms with E-state index in [4.69, 9.17) is 14.6 Å². The number of hydrogen-bond donors (Lipinski definition) is 1. The predicted octanol–water partition coefficient (Wildman–Crippen LogP) is 3.08. The monoisotopic (exact) mass is 486 g/mol. The van der Waals surface area contributed by atoms with Gasteiger partial charge in [-0.15, -0.1) is 0 Å². The number of urea groups is 1. The van der Waals surface area contributed by atoms with Crippen molar-refractivity contribution in [1.29, 1.82) is 0 Å². The molecule has 3 rings (SSSR count). The maximum atomic E-state index is 12.7. The number of rotatable bonds is 6. The lowest BCUT2D eigenvalue weighted by atomic mass is 9.89. The van der Waals surface area contributed by atoms with Gasteiger partial charge in [-0.3, -0.25) is 4.31 Å². The Bertz CT molecular complexity index is 1240. The van der Waals surface area contributed by atoms with Crippen LogP contribution >= 0.6 is 0 Å². The zero-order chi connectivity index (χ0) is 25.2. The number of methoxy groups -OCH3 is 2. The second kappa shape index (κ2) is 9.76. The molecule has 2 aromatic carbocycles. The molecule has 1 aliphatic rings. The zero-order valence-corrected chi connectivity index (χ0v) is 21.1. The van der Waals surface area contributed by atoms with Gasteiger partial charge < -0.3 is 14.8 Å². The Labute approximate surface area is 200 Å². The lowest BCUT2D eigenvalue weighted by molar-refractivity contribution is 0.184. The molecule has 9 nitrogen and oxygen atoms in total. The number of nitrogens with one attached hydrogen (secondary N) is 1. The van der Waals surface area contributed by atoms with Gasteiger partial charge in [0, 0.05) is 19.7 Å². The summed E-state index contributed by atoms with van der Waals surface area (Å²) in [4.78, 5) is 12.7. The summed E-state index contributed by atoms with van der Waals surface area (Å²) in [5.74, 6) is 1.00. The van der Waals surface area contributed by atoms with Crippen molar-refractivity contribution in [2.75, 3.05) is 38.9 Å². The molecule has 1 N–H and O–H groups in total. The highest BCUT2D eigenvalue weighted by molar-refractivity contribution is 7.92. The molecule has 2 aromatic rings. The third-order valence-corrected chi connectivity index (χ3v) is 7.02. The smallest absolute Gasteiger partial charge is 0.337 e. The van der Waals surface area contributed by atoms with Crippen molar-refractivity contribution in [2.45, 2.75) is 19.4 Å². The largest absolute Gasteiger partial charge is 0.493 e. The van der Waals surface area contributed by atoms with Crippen LogP contribution in [0.15, 0.2) is 42.0 Å². The van der Waals surface area contributed by atoms with E-state index in [9.17, 15) is 13.2 Å². The van der Waals surface area contributed by atoms with Crippen molar-refractivity contribution in [1.82, 2.24) is 10.3 Å². The lowest BCUT2D eigenvalue weighted by Gasteiger charge is -2.23. The van der Waals surface area contributed by atoms with E-state index in [2.05, 4.69) is 11.9 Å². The molecule has 1 aliphatic heterocycles. The molecule has 2 amide bonds. The number of anilines is 1. The Kier molecular flexibility index (Phi) is 7.21. The number of hydrogen-bond acceptors (Lipinski definition) is 6. The number of fused-ring (bicyclic) bond motifs is 1.